The molecule has 3 nitrogen and oxygen atoms in total. The fraction of sp³-hybridized carbons (Fsp3) is 0.391. The maximum absolute atomic E-state index is 9.79. The molecule has 0 unspecified atom stereocenters. The molecule has 4 aliphatic rings. The minimum atomic E-state index is 0.253. The number of H-pyrrole nitrogens is 1. The summed E-state index contributed by atoms with van der Waals surface area (Å²) in [6, 6.07) is 17.3. The number of aromatic hydroxyl groups is 1. The number of aromatic nitrogens is 1. The van der Waals surface area contributed by atoms with Gasteiger partial charge >= 0.3 is 0 Å². The Morgan fingerprint density at radius 1 is 1.04 bits per heavy atom. The molecule has 1 aliphatic heterocycles. The van der Waals surface area contributed by atoms with Gasteiger partial charge in [-0.3, -0.25) is 4.90 Å². The molecule has 3 aliphatic carbocycles. The van der Waals surface area contributed by atoms with Crippen molar-refractivity contribution in [3.8, 4) is 5.75 Å². The maximum atomic E-state index is 9.79. The van der Waals surface area contributed by atoms with Crippen molar-refractivity contribution in [2.24, 2.45) is 5.92 Å². The van der Waals surface area contributed by atoms with Crippen molar-refractivity contribution in [1.29, 1.82) is 0 Å². The lowest BCUT2D eigenvalue weighted by Crippen LogP contribution is -2.71. The molecule has 0 spiro atoms. The number of rotatable bonds is 2. The van der Waals surface area contributed by atoms with Gasteiger partial charge in [0.25, 0.3) is 0 Å². The van der Waals surface area contributed by atoms with E-state index in [-0.39, 0.29) is 6.04 Å². The highest BCUT2D eigenvalue weighted by atomic mass is 16.3. The Morgan fingerprint density at radius 2 is 1.77 bits per heavy atom. The van der Waals surface area contributed by atoms with Gasteiger partial charge in [-0.2, -0.15) is 0 Å². The Morgan fingerprint density at radius 3 is 2.46 bits per heavy atom. The average Bonchev–Trinajstić information content (AvgIpc) is 2.92. The zero-order valence-electron chi connectivity index (χ0n) is 15.1. The van der Waals surface area contributed by atoms with Gasteiger partial charge in [0.1, 0.15) is 5.75 Å². The lowest BCUT2D eigenvalue weighted by molar-refractivity contribution is -0.174. The van der Waals surface area contributed by atoms with Crippen LogP contribution in [-0.2, 0) is 6.42 Å². The standard InChI is InChI=1S/C23H24N2O/c1-14-10-19-18-4-2-3-5-20(18)24-21(19)22(16-6-8-17(26)9-7-16)25(14)23-11-15(12-23)13-23/h2-9,14-15,22,24,26H,10-13H2,1H3/t14-,15?,22-,23?/m1/s1. The van der Waals surface area contributed by atoms with Crippen LogP contribution in [0.3, 0.4) is 0 Å². The third-order valence-corrected chi connectivity index (χ3v) is 7.14. The van der Waals surface area contributed by atoms with Crippen LogP contribution in [0, 0.1) is 5.92 Å². The van der Waals surface area contributed by atoms with Gasteiger partial charge in [-0.15, -0.1) is 0 Å². The van der Waals surface area contributed by atoms with Crippen molar-refractivity contribution in [1.82, 2.24) is 9.88 Å². The van der Waals surface area contributed by atoms with E-state index < -0.39 is 0 Å². The first-order chi connectivity index (χ1) is 12.6. The molecule has 0 radical (unpaired) electrons. The van der Waals surface area contributed by atoms with E-state index in [0.717, 1.165) is 12.3 Å². The van der Waals surface area contributed by atoms with Crippen LogP contribution in [0.2, 0.25) is 0 Å². The molecular formula is C23H24N2O. The van der Waals surface area contributed by atoms with Gasteiger partial charge in [-0.25, -0.2) is 0 Å². The van der Waals surface area contributed by atoms with E-state index in [9.17, 15) is 5.11 Å². The molecule has 3 aromatic rings. The number of aromatic amines is 1. The second kappa shape index (κ2) is 4.92. The molecule has 7 rings (SSSR count). The summed E-state index contributed by atoms with van der Waals surface area (Å²) in [6.07, 6.45) is 5.20. The lowest BCUT2D eigenvalue weighted by Gasteiger charge is -2.70. The van der Waals surface area contributed by atoms with Crippen molar-refractivity contribution in [3.63, 3.8) is 0 Å². The first kappa shape index (κ1) is 14.9. The van der Waals surface area contributed by atoms with E-state index >= 15 is 0 Å². The van der Waals surface area contributed by atoms with Crippen molar-refractivity contribution >= 4 is 10.9 Å². The van der Waals surface area contributed by atoms with Gasteiger partial charge in [0.15, 0.2) is 0 Å². The fourth-order valence-corrected chi connectivity index (χ4v) is 5.94. The monoisotopic (exact) mass is 344 g/mol. The highest BCUT2D eigenvalue weighted by molar-refractivity contribution is 5.85. The van der Waals surface area contributed by atoms with Crippen LogP contribution in [0.4, 0.5) is 0 Å². The van der Waals surface area contributed by atoms with Gasteiger partial charge in [-0.05, 0) is 67.9 Å². The Labute approximate surface area is 153 Å². The van der Waals surface area contributed by atoms with E-state index in [4.69, 9.17) is 0 Å². The number of nitrogens with zero attached hydrogens (tertiary/aromatic N) is 1. The summed E-state index contributed by atoms with van der Waals surface area (Å²) >= 11 is 0. The van der Waals surface area contributed by atoms with Crippen molar-refractivity contribution in [3.05, 3.63) is 65.4 Å². The van der Waals surface area contributed by atoms with E-state index in [2.05, 4.69) is 53.2 Å². The van der Waals surface area contributed by atoms with Crippen LogP contribution in [-0.4, -0.2) is 26.6 Å². The molecule has 3 fully saturated rings. The van der Waals surface area contributed by atoms with Gasteiger partial charge < -0.3 is 10.1 Å². The lowest BCUT2D eigenvalue weighted by atomic mass is 9.48. The molecule has 1 aromatic heterocycles. The van der Waals surface area contributed by atoms with E-state index in [1.165, 1.54) is 47.0 Å². The molecule has 132 valence electrons. The van der Waals surface area contributed by atoms with Crippen LogP contribution in [0.5, 0.6) is 5.75 Å². The molecule has 2 heterocycles. The van der Waals surface area contributed by atoms with E-state index in [0.29, 0.717) is 17.3 Å². The van der Waals surface area contributed by atoms with Gasteiger partial charge in [0, 0.05) is 28.2 Å². The molecular weight excluding hydrogens is 320 g/mol. The molecule has 3 saturated carbocycles. The highest BCUT2D eigenvalue weighted by Gasteiger charge is 2.63. The summed E-state index contributed by atoms with van der Waals surface area (Å²) in [4.78, 5) is 6.57. The first-order valence-corrected chi connectivity index (χ1v) is 9.81. The van der Waals surface area contributed by atoms with Crippen molar-refractivity contribution in [2.75, 3.05) is 0 Å². The summed E-state index contributed by atoms with van der Waals surface area (Å²) in [5.41, 5.74) is 5.77. The van der Waals surface area contributed by atoms with Crippen LogP contribution >= 0.6 is 0 Å². The number of nitrogens with one attached hydrogen (secondary N) is 1. The second-order valence-corrected chi connectivity index (χ2v) is 8.72. The Balaban J connectivity index is 1.57. The number of hydrogen-bond donors (Lipinski definition) is 2. The van der Waals surface area contributed by atoms with Crippen LogP contribution < -0.4 is 0 Å². The van der Waals surface area contributed by atoms with Gasteiger partial charge in [0.05, 0.1) is 6.04 Å². The SMILES string of the molecule is C[C@@H]1Cc2c([nH]c3ccccc23)[C@@H](c2ccc(O)cc2)N1C12CC(C1)C2. The average molecular weight is 344 g/mol. The van der Waals surface area contributed by atoms with E-state index in [1.54, 1.807) is 0 Å². The number of phenols is 1. The fourth-order valence-electron chi connectivity index (χ4n) is 5.94. The third-order valence-electron chi connectivity index (χ3n) is 7.14. The van der Waals surface area contributed by atoms with Crippen molar-refractivity contribution < 1.29 is 5.11 Å². The predicted octanol–water partition coefficient (Wildman–Crippen LogP) is 4.76. The third kappa shape index (κ3) is 1.82. The minimum absolute atomic E-state index is 0.253. The van der Waals surface area contributed by atoms with Gasteiger partial charge in [-0.1, -0.05) is 30.3 Å². The maximum Gasteiger partial charge on any atom is 0.115 e. The number of benzene rings is 2. The molecule has 0 saturated heterocycles. The Hall–Kier alpha value is -2.26. The summed E-state index contributed by atoms with van der Waals surface area (Å²) in [5.74, 6) is 1.30. The molecule has 2 N–H and O–H groups in total. The molecule has 3 heteroatoms. The number of phenolic OH excluding ortho intramolecular Hbond substituents is 1. The number of para-hydroxylation sites is 1. The van der Waals surface area contributed by atoms with E-state index in [1.807, 2.05) is 12.1 Å². The van der Waals surface area contributed by atoms with Crippen LogP contribution in [0.25, 0.3) is 10.9 Å². The molecule has 2 atom stereocenters. The second-order valence-electron chi connectivity index (χ2n) is 8.72. The Bertz CT molecular complexity index is 986. The van der Waals surface area contributed by atoms with Gasteiger partial charge in [0.2, 0.25) is 0 Å². The van der Waals surface area contributed by atoms with Crippen LogP contribution in [0.15, 0.2) is 48.5 Å². The molecule has 26 heavy (non-hydrogen) atoms. The first-order valence-electron chi connectivity index (χ1n) is 9.81. The normalized spacial score (nSPS) is 32.7. The zero-order chi connectivity index (χ0) is 17.5. The summed E-state index contributed by atoms with van der Waals surface area (Å²) in [5, 5.41) is 11.2. The molecule has 2 aromatic carbocycles. The topological polar surface area (TPSA) is 39.3 Å². The predicted molar refractivity (Wildman–Crippen MR) is 103 cm³/mol. The van der Waals surface area contributed by atoms with Crippen molar-refractivity contribution in [2.45, 2.75) is 50.2 Å². The summed E-state index contributed by atoms with van der Waals surface area (Å²) in [6.45, 7) is 2.40. The summed E-state index contributed by atoms with van der Waals surface area (Å²) < 4.78 is 0. The number of hydrogen-bond acceptors (Lipinski definition) is 2. The molecule has 0 amide bonds. The number of fused-ring (bicyclic) bond motifs is 3. The Kier molecular flexibility index (Phi) is 2.81. The van der Waals surface area contributed by atoms with Crippen LogP contribution in [0.1, 0.15) is 49.0 Å². The highest BCUT2D eigenvalue weighted by Crippen LogP contribution is 2.64. The summed E-state index contributed by atoms with van der Waals surface area (Å²) in [7, 11) is 0. The quantitative estimate of drug-likeness (QED) is 0.703. The largest absolute Gasteiger partial charge is 0.508 e. The zero-order valence-corrected chi connectivity index (χ0v) is 15.1. The minimum Gasteiger partial charge on any atom is -0.508 e. The smallest absolute Gasteiger partial charge is 0.115 e. The molecule has 2 bridgehead atoms.